The number of carbonyl (C=O) groups excluding carboxylic acids is 4. The Hall–Kier alpha value is -4.24. The lowest BCUT2D eigenvalue weighted by molar-refractivity contribution is -0.173. The SMILES string of the molecule is Cc1ccc(/C=C\C2=C(C(=O)OCOC(=O)C(C)(C)C)N3C(=O)[C@@H](NC(=O)/C(=N\O)c4csc(N)n4)[C@H]3SC2)cn1. The molecule has 2 atom stereocenters. The number of nitrogens with zero attached hydrogens (tertiary/aromatic N) is 4. The smallest absolute Gasteiger partial charge is 0.358 e. The second-order valence-electron chi connectivity index (χ2n) is 10.1. The summed E-state index contributed by atoms with van der Waals surface area (Å²) in [6.07, 6.45) is 5.12. The number of rotatable bonds is 8. The third-order valence-corrected chi connectivity index (χ3v) is 7.94. The lowest BCUT2D eigenvalue weighted by Crippen LogP contribution is -2.71. The van der Waals surface area contributed by atoms with Gasteiger partial charge in [-0.15, -0.1) is 23.1 Å². The third kappa shape index (κ3) is 6.57. The highest BCUT2D eigenvalue weighted by Crippen LogP contribution is 2.41. The number of carbonyl (C=O) groups is 4. The first-order chi connectivity index (χ1) is 19.4. The van der Waals surface area contributed by atoms with Gasteiger partial charge in [0.1, 0.15) is 22.8 Å². The molecule has 1 fully saturated rings. The molecule has 0 bridgehead atoms. The van der Waals surface area contributed by atoms with Crippen molar-refractivity contribution < 1.29 is 33.9 Å². The van der Waals surface area contributed by atoms with Crippen molar-refractivity contribution in [2.24, 2.45) is 10.6 Å². The molecule has 0 radical (unpaired) electrons. The molecule has 4 heterocycles. The summed E-state index contributed by atoms with van der Waals surface area (Å²) < 4.78 is 10.3. The van der Waals surface area contributed by atoms with Crippen LogP contribution in [0.1, 0.15) is 37.7 Å². The summed E-state index contributed by atoms with van der Waals surface area (Å²) in [4.78, 5) is 60.8. The Morgan fingerprint density at radius 3 is 2.63 bits per heavy atom. The topological polar surface area (TPSA) is 186 Å². The Morgan fingerprint density at radius 1 is 1.27 bits per heavy atom. The molecule has 216 valence electrons. The molecule has 0 aliphatic carbocycles. The number of pyridine rings is 1. The summed E-state index contributed by atoms with van der Waals surface area (Å²) in [5, 5.41) is 15.9. The monoisotopic (exact) mass is 600 g/mol. The number of ether oxygens (including phenoxy) is 2. The number of hydrogen-bond acceptors (Lipinski definition) is 13. The summed E-state index contributed by atoms with van der Waals surface area (Å²) in [6.45, 7) is 6.21. The van der Waals surface area contributed by atoms with Gasteiger partial charge >= 0.3 is 11.9 Å². The zero-order valence-corrected chi connectivity index (χ0v) is 24.2. The Kier molecular flexibility index (Phi) is 8.77. The zero-order chi connectivity index (χ0) is 29.9. The highest BCUT2D eigenvalue weighted by atomic mass is 32.2. The number of anilines is 1. The van der Waals surface area contributed by atoms with Crippen molar-refractivity contribution in [3.05, 3.63) is 58.0 Å². The first kappa shape index (κ1) is 29.7. The van der Waals surface area contributed by atoms with Crippen molar-refractivity contribution in [3.8, 4) is 0 Å². The number of amides is 2. The van der Waals surface area contributed by atoms with Crippen LogP contribution < -0.4 is 11.1 Å². The van der Waals surface area contributed by atoms with Crippen LogP contribution in [0.3, 0.4) is 0 Å². The summed E-state index contributed by atoms with van der Waals surface area (Å²) in [6, 6.07) is 2.68. The summed E-state index contributed by atoms with van der Waals surface area (Å²) in [5.74, 6) is -2.54. The minimum atomic E-state index is -1.02. The molecule has 0 saturated carbocycles. The molecule has 15 heteroatoms. The molecule has 2 aliphatic rings. The average molecular weight is 601 g/mol. The Morgan fingerprint density at radius 2 is 2.02 bits per heavy atom. The van der Waals surface area contributed by atoms with Crippen molar-refractivity contribution in [1.29, 1.82) is 0 Å². The van der Waals surface area contributed by atoms with E-state index in [1.165, 1.54) is 22.0 Å². The van der Waals surface area contributed by atoms with E-state index >= 15 is 0 Å². The van der Waals surface area contributed by atoms with Crippen molar-refractivity contribution in [2.45, 2.75) is 39.1 Å². The fourth-order valence-corrected chi connectivity index (χ4v) is 5.64. The summed E-state index contributed by atoms with van der Waals surface area (Å²) >= 11 is 2.38. The van der Waals surface area contributed by atoms with E-state index in [0.717, 1.165) is 22.6 Å². The molecule has 2 amide bonds. The lowest BCUT2D eigenvalue weighted by Gasteiger charge is -2.49. The van der Waals surface area contributed by atoms with E-state index in [2.05, 4.69) is 20.4 Å². The number of esters is 2. The van der Waals surface area contributed by atoms with Gasteiger partial charge in [0, 0.05) is 23.0 Å². The second-order valence-corrected chi connectivity index (χ2v) is 12.0. The van der Waals surface area contributed by atoms with Gasteiger partial charge in [-0.3, -0.25) is 24.3 Å². The summed E-state index contributed by atoms with van der Waals surface area (Å²) in [5.41, 5.74) is 6.54. The van der Waals surface area contributed by atoms with Gasteiger partial charge in [0.2, 0.25) is 6.79 Å². The number of nitrogens with two attached hydrogens (primary N) is 1. The van der Waals surface area contributed by atoms with Crippen molar-refractivity contribution >= 4 is 63.8 Å². The number of oxime groups is 1. The van der Waals surface area contributed by atoms with Crippen LogP contribution in [0.4, 0.5) is 5.13 Å². The first-order valence-electron chi connectivity index (χ1n) is 12.3. The lowest BCUT2D eigenvalue weighted by atomic mass is 9.98. The van der Waals surface area contributed by atoms with Crippen LogP contribution in [0, 0.1) is 12.3 Å². The Labute approximate surface area is 243 Å². The van der Waals surface area contributed by atoms with Gasteiger partial charge < -0.3 is 25.7 Å². The fourth-order valence-electron chi connectivity index (χ4n) is 3.78. The molecule has 2 aromatic rings. The number of thioether (sulfide) groups is 1. The first-order valence-corrected chi connectivity index (χ1v) is 14.2. The largest absolute Gasteiger partial charge is 0.427 e. The number of aromatic nitrogens is 2. The highest BCUT2D eigenvalue weighted by Gasteiger charge is 2.54. The number of nitrogens with one attached hydrogen (secondary N) is 1. The molecule has 13 nitrogen and oxygen atoms in total. The normalized spacial score (nSPS) is 19.1. The Balaban J connectivity index is 1.55. The Bertz CT molecular complexity index is 1460. The fraction of sp³-hybridized carbons (Fsp3) is 0.346. The zero-order valence-electron chi connectivity index (χ0n) is 22.6. The molecule has 4 rings (SSSR count). The number of fused-ring (bicyclic) bond motifs is 1. The molecule has 2 aromatic heterocycles. The van der Waals surface area contributed by atoms with Crippen LogP contribution >= 0.6 is 23.1 Å². The van der Waals surface area contributed by atoms with Gasteiger partial charge in [-0.05, 0) is 44.9 Å². The maximum Gasteiger partial charge on any atom is 0.358 e. The van der Waals surface area contributed by atoms with Crippen LogP contribution in [-0.4, -0.2) is 73.5 Å². The molecule has 4 N–H and O–H groups in total. The standard InChI is InChI=1S/C26H28N6O7S2/c1-13-5-6-14(9-28-13)7-8-15-10-40-22-18(30-20(33)17(31-37)16-11-41-25(27)29-16)21(34)32(22)19(15)23(35)38-12-39-24(36)26(2,3)4/h5-9,11,18,22,37H,10,12H2,1-4H3,(H2,27,29)(H,30,33)/b8-7-,31-17-/t18-,22-/m1/s1. The predicted octanol–water partition coefficient (Wildman–Crippen LogP) is 2.06. The van der Waals surface area contributed by atoms with Gasteiger partial charge in [0.05, 0.1) is 5.41 Å². The second kappa shape index (κ2) is 12.1. The van der Waals surface area contributed by atoms with Crippen LogP contribution in [0.15, 0.2) is 46.2 Å². The van der Waals surface area contributed by atoms with Crippen molar-refractivity contribution in [3.63, 3.8) is 0 Å². The van der Waals surface area contributed by atoms with E-state index < -0.39 is 53.1 Å². The minimum absolute atomic E-state index is 0.0318. The van der Waals surface area contributed by atoms with Gasteiger partial charge in [-0.2, -0.15) is 0 Å². The molecule has 2 aliphatic heterocycles. The van der Waals surface area contributed by atoms with Crippen molar-refractivity contribution in [2.75, 3.05) is 18.3 Å². The van der Waals surface area contributed by atoms with Gasteiger partial charge in [0.25, 0.3) is 11.8 Å². The molecular formula is C26H28N6O7S2. The van der Waals surface area contributed by atoms with Crippen LogP contribution in [0.25, 0.3) is 6.08 Å². The van der Waals surface area contributed by atoms with Gasteiger partial charge in [0.15, 0.2) is 10.8 Å². The maximum absolute atomic E-state index is 13.3. The predicted molar refractivity (Wildman–Crippen MR) is 151 cm³/mol. The number of hydrogen-bond donors (Lipinski definition) is 3. The van der Waals surface area contributed by atoms with Crippen molar-refractivity contribution in [1.82, 2.24) is 20.2 Å². The number of nitrogen functional groups attached to an aromatic ring is 1. The van der Waals surface area contributed by atoms with E-state index in [4.69, 9.17) is 15.2 Å². The van der Waals surface area contributed by atoms with Crippen LogP contribution in [-0.2, 0) is 28.7 Å². The quantitative estimate of drug-likeness (QED) is 0.101. The van der Waals surface area contributed by atoms with Gasteiger partial charge in [-0.1, -0.05) is 23.4 Å². The van der Waals surface area contributed by atoms with Gasteiger partial charge in [-0.25, -0.2) is 9.78 Å². The van der Waals surface area contributed by atoms with E-state index in [9.17, 15) is 24.4 Å². The van der Waals surface area contributed by atoms with E-state index in [1.54, 1.807) is 39.1 Å². The molecule has 1 saturated heterocycles. The molecule has 0 spiro atoms. The third-order valence-electron chi connectivity index (χ3n) is 5.96. The number of thiazole rings is 1. The molecule has 0 unspecified atom stereocenters. The van der Waals surface area contributed by atoms with Crippen LogP contribution in [0.2, 0.25) is 0 Å². The summed E-state index contributed by atoms with van der Waals surface area (Å²) in [7, 11) is 0. The number of aryl methyl sites for hydroxylation is 1. The van der Waals surface area contributed by atoms with E-state index in [-0.39, 0.29) is 16.5 Å². The molecule has 0 aromatic carbocycles. The highest BCUT2D eigenvalue weighted by molar-refractivity contribution is 8.00. The minimum Gasteiger partial charge on any atom is -0.427 e. The molecular weight excluding hydrogens is 572 g/mol. The number of allylic oxidation sites excluding steroid dienone is 1. The average Bonchev–Trinajstić information content (AvgIpc) is 3.36. The van der Waals surface area contributed by atoms with E-state index in [0.29, 0.717) is 11.3 Å². The maximum atomic E-state index is 13.3. The van der Waals surface area contributed by atoms with Crippen LogP contribution in [0.5, 0.6) is 0 Å². The molecule has 41 heavy (non-hydrogen) atoms. The van der Waals surface area contributed by atoms with E-state index in [1.807, 2.05) is 19.1 Å². The number of β-lactam (4-membered cyclic amide) rings is 1.